The van der Waals surface area contributed by atoms with Crippen LogP contribution in [0.2, 0.25) is 0 Å². The highest BCUT2D eigenvalue weighted by atomic mass is 32.2. The standard InChI is InChI=1S/C12H15N3O3S/c1-9(10-3-5-11(18-2)6-4-10)15-19(16,17)12-7-13-14-8-12/h3-9,15H,1-2H3,(H,13,14). The molecule has 2 N–H and O–H groups in total. The van der Waals surface area contributed by atoms with Crippen molar-refractivity contribution >= 4 is 10.0 Å². The molecule has 1 aromatic carbocycles. The van der Waals surface area contributed by atoms with Crippen LogP contribution in [0, 0.1) is 0 Å². The van der Waals surface area contributed by atoms with E-state index in [2.05, 4.69) is 14.9 Å². The van der Waals surface area contributed by atoms with Gasteiger partial charge in [0, 0.05) is 12.2 Å². The van der Waals surface area contributed by atoms with E-state index in [0.29, 0.717) is 0 Å². The highest BCUT2D eigenvalue weighted by molar-refractivity contribution is 7.89. The van der Waals surface area contributed by atoms with Crippen LogP contribution in [0.5, 0.6) is 5.75 Å². The summed E-state index contributed by atoms with van der Waals surface area (Å²) < 4.78 is 31.7. The molecule has 0 fully saturated rings. The topological polar surface area (TPSA) is 84.1 Å². The summed E-state index contributed by atoms with van der Waals surface area (Å²) in [6.45, 7) is 1.78. The molecular weight excluding hydrogens is 266 g/mol. The molecule has 0 aliphatic heterocycles. The number of ether oxygens (including phenoxy) is 1. The lowest BCUT2D eigenvalue weighted by molar-refractivity contribution is 0.414. The van der Waals surface area contributed by atoms with E-state index in [1.807, 2.05) is 12.1 Å². The molecule has 19 heavy (non-hydrogen) atoms. The summed E-state index contributed by atoms with van der Waals surface area (Å²) in [5, 5.41) is 6.11. The molecule has 2 rings (SSSR count). The van der Waals surface area contributed by atoms with Crippen molar-refractivity contribution in [3.05, 3.63) is 42.2 Å². The summed E-state index contributed by atoms with van der Waals surface area (Å²) in [5.41, 5.74) is 0.855. The summed E-state index contributed by atoms with van der Waals surface area (Å²) in [6, 6.07) is 6.88. The lowest BCUT2D eigenvalue weighted by Gasteiger charge is -2.14. The molecule has 6 nitrogen and oxygen atoms in total. The number of H-pyrrole nitrogens is 1. The number of aromatic nitrogens is 2. The molecule has 2 aromatic rings. The van der Waals surface area contributed by atoms with Crippen molar-refractivity contribution in [2.45, 2.75) is 17.9 Å². The average Bonchev–Trinajstić information content (AvgIpc) is 2.93. The van der Waals surface area contributed by atoms with Gasteiger partial charge in [0.25, 0.3) is 0 Å². The molecule has 0 spiro atoms. The second-order valence-electron chi connectivity index (χ2n) is 4.05. The molecule has 0 saturated heterocycles. The Morgan fingerprint density at radius 2 is 2.00 bits per heavy atom. The number of hydrogen-bond donors (Lipinski definition) is 2. The predicted octanol–water partition coefficient (Wildman–Crippen LogP) is 1.46. The van der Waals surface area contributed by atoms with Gasteiger partial charge < -0.3 is 4.74 Å². The number of nitrogens with zero attached hydrogens (tertiary/aromatic N) is 1. The van der Waals surface area contributed by atoms with E-state index in [1.54, 1.807) is 26.2 Å². The van der Waals surface area contributed by atoms with Crippen LogP contribution in [0.25, 0.3) is 0 Å². The third-order valence-corrected chi connectivity index (χ3v) is 4.24. The maximum Gasteiger partial charge on any atom is 0.244 e. The van der Waals surface area contributed by atoms with Crippen LogP contribution in [-0.2, 0) is 10.0 Å². The van der Waals surface area contributed by atoms with Crippen molar-refractivity contribution in [3.8, 4) is 5.75 Å². The molecule has 0 bridgehead atoms. The van der Waals surface area contributed by atoms with Gasteiger partial charge in [-0.05, 0) is 24.6 Å². The molecular formula is C12H15N3O3S. The summed E-state index contributed by atoms with van der Waals surface area (Å²) in [7, 11) is -1.97. The van der Waals surface area contributed by atoms with Gasteiger partial charge >= 0.3 is 0 Å². The first-order chi connectivity index (χ1) is 9.03. The number of methoxy groups -OCH3 is 1. The molecule has 1 atom stereocenters. The van der Waals surface area contributed by atoms with E-state index in [-0.39, 0.29) is 10.9 Å². The highest BCUT2D eigenvalue weighted by Crippen LogP contribution is 2.19. The molecule has 1 heterocycles. The fourth-order valence-electron chi connectivity index (χ4n) is 1.65. The largest absolute Gasteiger partial charge is 0.497 e. The number of rotatable bonds is 5. The molecule has 7 heteroatoms. The summed E-state index contributed by atoms with van der Waals surface area (Å²) in [4.78, 5) is 0.118. The van der Waals surface area contributed by atoms with Gasteiger partial charge in [-0.3, -0.25) is 5.10 Å². The van der Waals surface area contributed by atoms with Gasteiger partial charge in [-0.25, -0.2) is 13.1 Å². The van der Waals surface area contributed by atoms with Crippen molar-refractivity contribution in [1.82, 2.24) is 14.9 Å². The van der Waals surface area contributed by atoms with Crippen LogP contribution in [0.1, 0.15) is 18.5 Å². The Hall–Kier alpha value is -1.86. The lowest BCUT2D eigenvalue weighted by atomic mass is 10.1. The van der Waals surface area contributed by atoms with E-state index in [4.69, 9.17) is 4.74 Å². The second kappa shape index (κ2) is 5.41. The Labute approximate surface area is 111 Å². The van der Waals surface area contributed by atoms with Crippen molar-refractivity contribution in [3.63, 3.8) is 0 Å². The third-order valence-electron chi connectivity index (χ3n) is 2.73. The first kappa shape index (κ1) is 13.6. The number of sulfonamides is 1. The van der Waals surface area contributed by atoms with E-state index in [0.717, 1.165) is 11.3 Å². The zero-order valence-electron chi connectivity index (χ0n) is 10.6. The average molecular weight is 281 g/mol. The molecule has 0 radical (unpaired) electrons. The van der Waals surface area contributed by atoms with Crippen LogP contribution in [0.4, 0.5) is 0 Å². The van der Waals surface area contributed by atoms with Crippen LogP contribution in [0.3, 0.4) is 0 Å². The van der Waals surface area contributed by atoms with Gasteiger partial charge in [-0.15, -0.1) is 0 Å². The Kier molecular flexibility index (Phi) is 3.87. The third kappa shape index (κ3) is 3.12. The second-order valence-corrected chi connectivity index (χ2v) is 5.76. The molecule has 1 aromatic heterocycles. The van der Waals surface area contributed by atoms with Crippen molar-refractivity contribution < 1.29 is 13.2 Å². The highest BCUT2D eigenvalue weighted by Gasteiger charge is 2.19. The van der Waals surface area contributed by atoms with Crippen LogP contribution >= 0.6 is 0 Å². The van der Waals surface area contributed by atoms with E-state index >= 15 is 0 Å². The molecule has 0 amide bonds. The zero-order chi connectivity index (χ0) is 13.9. The van der Waals surface area contributed by atoms with Gasteiger partial charge in [0.2, 0.25) is 10.0 Å². The fraction of sp³-hybridized carbons (Fsp3) is 0.250. The minimum atomic E-state index is -3.56. The SMILES string of the molecule is COc1ccc(C(C)NS(=O)(=O)c2cn[nH]c2)cc1. The minimum Gasteiger partial charge on any atom is -0.497 e. The smallest absolute Gasteiger partial charge is 0.244 e. The number of nitrogens with one attached hydrogen (secondary N) is 2. The molecule has 1 unspecified atom stereocenters. The summed E-state index contributed by atoms with van der Waals surface area (Å²) >= 11 is 0. The van der Waals surface area contributed by atoms with Crippen molar-refractivity contribution in [2.75, 3.05) is 7.11 Å². The Morgan fingerprint density at radius 3 is 2.53 bits per heavy atom. The predicted molar refractivity (Wildman–Crippen MR) is 70.3 cm³/mol. The monoisotopic (exact) mass is 281 g/mol. The Morgan fingerprint density at radius 1 is 1.32 bits per heavy atom. The van der Waals surface area contributed by atoms with E-state index in [9.17, 15) is 8.42 Å². The van der Waals surface area contributed by atoms with E-state index in [1.165, 1.54) is 12.4 Å². The van der Waals surface area contributed by atoms with Gasteiger partial charge in [-0.2, -0.15) is 5.10 Å². The zero-order valence-corrected chi connectivity index (χ0v) is 11.4. The first-order valence-electron chi connectivity index (χ1n) is 5.68. The number of aromatic amines is 1. The summed E-state index contributed by atoms with van der Waals surface area (Å²) in [5.74, 6) is 0.730. The Bertz CT molecular complexity index is 621. The summed E-state index contributed by atoms with van der Waals surface area (Å²) in [6.07, 6.45) is 2.60. The number of hydrogen-bond acceptors (Lipinski definition) is 4. The fourth-order valence-corrected chi connectivity index (χ4v) is 2.78. The van der Waals surface area contributed by atoms with Crippen LogP contribution < -0.4 is 9.46 Å². The van der Waals surface area contributed by atoms with Gasteiger partial charge in [-0.1, -0.05) is 12.1 Å². The maximum absolute atomic E-state index is 12.0. The number of benzene rings is 1. The maximum atomic E-state index is 12.0. The van der Waals surface area contributed by atoms with E-state index < -0.39 is 10.0 Å². The van der Waals surface area contributed by atoms with Crippen LogP contribution in [0.15, 0.2) is 41.6 Å². The van der Waals surface area contributed by atoms with Gasteiger partial charge in [0.15, 0.2) is 0 Å². The molecule has 0 aliphatic carbocycles. The molecule has 0 aliphatic rings. The van der Waals surface area contributed by atoms with Crippen molar-refractivity contribution in [2.24, 2.45) is 0 Å². The molecule has 102 valence electrons. The molecule has 0 saturated carbocycles. The Balaban J connectivity index is 2.14. The first-order valence-corrected chi connectivity index (χ1v) is 7.16. The lowest BCUT2D eigenvalue weighted by Crippen LogP contribution is -2.26. The van der Waals surface area contributed by atoms with Gasteiger partial charge in [0.1, 0.15) is 10.6 Å². The van der Waals surface area contributed by atoms with Crippen molar-refractivity contribution in [1.29, 1.82) is 0 Å². The minimum absolute atomic E-state index is 0.118. The van der Waals surface area contributed by atoms with Crippen LogP contribution in [-0.4, -0.2) is 25.7 Å². The quantitative estimate of drug-likeness (QED) is 0.869. The normalized spacial score (nSPS) is 13.2. The van der Waals surface area contributed by atoms with Gasteiger partial charge in [0.05, 0.1) is 13.3 Å².